The van der Waals surface area contributed by atoms with Gasteiger partial charge in [0.15, 0.2) is 0 Å². The van der Waals surface area contributed by atoms with Crippen molar-refractivity contribution in [3.8, 4) is 0 Å². The Hall–Kier alpha value is -1.84. The monoisotopic (exact) mass is 248 g/mol. The number of carboxylic acids is 2. The fraction of sp³-hybridized carbons (Fsp3) is 0.429. The second-order valence-electron chi connectivity index (χ2n) is 4.81. The van der Waals surface area contributed by atoms with E-state index < -0.39 is 23.8 Å². The van der Waals surface area contributed by atoms with Crippen molar-refractivity contribution in [3.05, 3.63) is 35.9 Å². The molecule has 2 N–H and O–H groups in total. The zero-order chi connectivity index (χ0) is 13.1. The molecule has 0 heterocycles. The van der Waals surface area contributed by atoms with E-state index in [1.807, 2.05) is 30.3 Å². The molecule has 1 fully saturated rings. The van der Waals surface area contributed by atoms with E-state index >= 15 is 0 Å². The van der Waals surface area contributed by atoms with E-state index in [0.717, 1.165) is 12.0 Å². The summed E-state index contributed by atoms with van der Waals surface area (Å²) in [5, 5.41) is 18.2. The summed E-state index contributed by atoms with van der Waals surface area (Å²) in [6.45, 7) is 0. The number of hydrogen-bond acceptors (Lipinski definition) is 2. The molecule has 0 radical (unpaired) electrons. The molecule has 18 heavy (non-hydrogen) atoms. The Morgan fingerprint density at radius 1 is 0.944 bits per heavy atom. The molecule has 1 aliphatic rings. The highest BCUT2D eigenvalue weighted by Gasteiger charge is 2.39. The SMILES string of the molecule is O=C(O)[C@H]1C[C@@H](c2ccccc2)CC[C@H]1C(=O)O. The summed E-state index contributed by atoms with van der Waals surface area (Å²) in [5.41, 5.74) is 1.10. The van der Waals surface area contributed by atoms with Crippen LogP contribution in [0.15, 0.2) is 30.3 Å². The Bertz CT molecular complexity index is 440. The quantitative estimate of drug-likeness (QED) is 0.861. The van der Waals surface area contributed by atoms with Crippen LogP contribution >= 0.6 is 0 Å². The number of benzene rings is 1. The molecule has 0 bridgehead atoms. The van der Waals surface area contributed by atoms with Gasteiger partial charge in [-0.3, -0.25) is 9.59 Å². The van der Waals surface area contributed by atoms with Gasteiger partial charge in [0.1, 0.15) is 0 Å². The molecule has 4 nitrogen and oxygen atoms in total. The number of aliphatic carboxylic acids is 2. The molecular weight excluding hydrogens is 232 g/mol. The Labute approximate surface area is 105 Å². The molecule has 1 aliphatic carbocycles. The van der Waals surface area contributed by atoms with Gasteiger partial charge in [0.05, 0.1) is 11.8 Å². The van der Waals surface area contributed by atoms with Gasteiger partial charge in [0, 0.05) is 0 Å². The molecule has 2 rings (SSSR count). The lowest BCUT2D eigenvalue weighted by Gasteiger charge is -2.31. The minimum atomic E-state index is -0.997. The van der Waals surface area contributed by atoms with Gasteiger partial charge in [-0.15, -0.1) is 0 Å². The Morgan fingerprint density at radius 3 is 2.11 bits per heavy atom. The van der Waals surface area contributed by atoms with E-state index in [4.69, 9.17) is 10.2 Å². The maximum absolute atomic E-state index is 11.2. The van der Waals surface area contributed by atoms with E-state index in [9.17, 15) is 9.59 Å². The molecule has 96 valence electrons. The fourth-order valence-corrected chi connectivity index (χ4v) is 2.77. The molecular formula is C14H16O4. The van der Waals surface area contributed by atoms with E-state index in [-0.39, 0.29) is 5.92 Å². The molecule has 1 aromatic rings. The molecule has 0 aliphatic heterocycles. The molecule has 3 atom stereocenters. The second-order valence-corrected chi connectivity index (χ2v) is 4.81. The highest BCUT2D eigenvalue weighted by molar-refractivity contribution is 5.80. The van der Waals surface area contributed by atoms with Gasteiger partial charge < -0.3 is 10.2 Å². The van der Waals surface area contributed by atoms with Gasteiger partial charge in [-0.05, 0) is 30.7 Å². The Balaban J connectivity index is 2.16. The first-order valence-corrected chi connectivity index (χ1v) is 6.10. The predicted octanol–water partition coefficient (Wildman–Crippen LogP) is 2.36. The second kappa shape index (κ2) is 5.21. The van der Waals surface area contributed by atoms with Crippen LogP contribution in [0.3, 0.4) is 0 Å². The molecule has 0 unspecified atom stereocenters. The maximum Gasteiger partial charge on any atom is 0.307 e. The molecule has 0 aromatic heterocycles. The first-order valence-electron chi connectivity index (χ1n) is 6.10. The first-order chi connectivity index (χ1) is 8.59. The van der Waals surface area contributed by atoms with Crippen molar-refractivity contribution < 1.29 is 19.8 Å². The summed E-state index contributed by atoms with van der Waals surface area (Å²) in [6, 6.07) is 9.72. The van der Waals surface area contributed by atoms with Gasteiger partial charge in [-0.25, -0.2) is 0 Å². The highest BCUT2D eigenvalue weighted by Crippen LogP contribution is 2.39. The van der Waals surface area contributed by atoms with Gasteiger partial charge in [-0.2, -0.15) is 0 Å². The van der Waals surface area contributed by atoms with Crippen molar-refractivity contribution >= 4 is 11.9 Å². The van der Waals surface area contributed by atoms with Crippen LogP contribution in [0.5, 0.6) is 0 Å². The van der Waals surface area contributed by atoms with Crippen LogP contribution in [0.4, 0.5) is 0 Å². The van der Waals surface area contributed by atoms with Crippen molar-refractivity contribution in [1.29, 1.82) is 0 Å². The molecule has 0 spiro atoms. The lowest BCUT2D eigenvalue weighted by Crippen LogP contribution is -2.35. The molecule has 0 amide bonds. The molecule has 1 aromatic carbocycles. The molecule has 4 heteroatoms. The lowest BCUT2D eigenvalue weighted by molar-refractivity contribution is -0.155. The fourth-order valence-electron chi connectivity index (χ4n) is 2.77. The van der Waals surface area contributed by atoms with Crippen LogP contribution in [0.1, 0.15) is 30.7 Å². The van der Waals surface area contributed by atoms with Crippen molar-refractivity contribution in [3.63, 3.8) is 0 Å². The largest absolute Gasteiger partial charge is 0.481 e. The summed E-state index contributed by atoms with van der Waals surface area (Å²) < 4.78 is 0. The topological polar surface area (TPSA) is 74.6 Å². The van der Waals surface area contributed by atoms with Crippen LogP contribution in [0.25, 0.3) is 0 Å². The van der Waals surface area contributed by atoms with E-state index in [1.165, 1.54) is 0 Å². The number of carboxylic acid groups (broad SMARTS) is 2. The normalized spacial score (nSPS) is 27.7. The van der Waals surface area contributed by atoms with Gasteiger partial charge in [-0.1, -0.05) is 30.3 Å². The third-order valence-corrected chi connectivity index (χ3v) is 3.76. The third-order valence-electron chi connectivity index (χ3n) is 3.76. The summed E-state index contributed by atoms with van der Waals surface area (Å²) in [7, 11) is 0. The van der Waals surface area contributed by atoms with Gasteiger partial charge in [0.2, 0.25) is 0 Å². The minimum Gasteiger partial charge on any atom is -0.481 e. The molecule has 0 saturated heterocycles. The zero-order valence-electron chi connectivity index (χ0n) is 9.95. The van der Waals surface area contributed by atoms with Crippen molar-refractivity contribution in [2.45, 2.75) is 25.2 Å². The van der Waals surface area contributed by atoms with E-state index in [0.29, 0.717) is 12.8 Å². The molecule has 1 saturated carbocycles. The average molecular weight is 248 g/mol. The summed E-state index contributed by atoms with van der Waals surface area (Å²) >= 11 is 0. The summed E-state index contributed by atoms with van der Waals surface area (Å²) in [5.74, 6) is -3.36. The van der Waals surface area contributed by atoms with Gasteiger partial charge >= 0.3 is 11.9 Å². The van der Waals surface area contributed by atoms with Gasteiger partial charge in [0.25, 0.3) is 0 Å². The van der Waals surface area contributed by atoms with E-state index in [2.05, 4.69) is 0 Å². The Morgan fingerprint density at radius 2 is 1.56 bits per heavy atom. The van der Waals surface area contributed by atoms with Crippen LogP contribution < -0.4 is 0 Å². The summed E-state index contributed by atoms with van der Waals surface area (Å²) in [6.07, 6.45) is 1.59. The number of rotatable bonds is 3. The third kappa shape index (κ3) is 2.53. The van der Waals surface area contributed by atoms with Crippen LogP contribution in [0, 0.1) is 11.8 Å². The van der Waals surface area contributed by atoms with Crippen LogP contribution in [-0.2, 0) is 9.59 Å². The van der Waals surface area contributed by atoms with Crippen molar-refractivity contribution in [2.24, 2.45) is 11.8 Å². The number of hydrogen-bond donors (Lipinski definition) is 2. The smallest absolute Gasteiger partial charge is 0.307 e. The minimum absolute atomic E-state index is 0.155. The van der Waals surface area contributed by atoms with Crippen LogP contribution in [-0.4, -0.2) is 22.2 Å². The lowest BCUT2D eigenvalue weighted by atomic mass is 9.72. The number of carbonyl (C=O) groups is 2. The standard InChI is InChI=1S/C14H16O4/c15-13(16)11-7-6-10(8-12(11)14(17)18)9-4-2-1-3-5-9/h1-5,10-12H,6-8H2,(H,15,16)(H,17,18)/t10-,11+,12-/m0/s1. The van der Waals surface area contributed by atoms with Crippen molar-refractivity contribution in [1.82, 2.24) is 0 Å². The predicted molar refractivity (Wildman–Crippen MR) is 65.3 cm³/mol. The first kappa shape index (κ1) is 12.6. The highest BCUT2D eigenvalue weighted by atomic mass is 16.4. The zero-order valence-corrected chi connectivity index (χ0v) is 9.95. The van der Waals surface area contributed by atoms with Crippen molar-refractivity contribution in [2.75, 3.05) is 0 Å². The summed E-state index contributed by atoms with van der Waals surface area (Å²) in [4.78, 5) is 22.2. The average Bonchev–Trinajstić information content (AvgIpc) is 2.39. The maximum atomic E-state index is 11.2. The van der Waals surface area contributed by atoms with Crippen LogP contribution in [0.2, 0.25) is 0 Å². The van der Waals surface area contributed by atoms with E-state index in [1.54, 1.807) is 0 Å². The Kier molecular flexibility index (Phi) is 3.65.